The molecule has 0 amide bonds. The van der Waals surface area contributed by atoms with E-state index in [1.165, 1.54) is 19.2 Å². The number of halogens is 1. The van der Waals surface area contributed by atoms with E-state index in [1.807, 2.05) is 30.3 Å². The molecule has 4 rings (SSSR count). The smallest absolute Gasteiger partial charge is 0.339 e. The van der Waals surface area contributed by atoms with Crippen molar-refractivity contribution in [2.24, 2.45) is 7.05 Å². The van der Waals surface area contributed by atoms with Crippen LogP contribution in [0.3, 0.4) is 0 Å². The second-order valence-electron chi connectivity index (χ2n) is 7.17. The van der Waals surface area contributed by atoms with E-state index in [-0.39, 0.29) is 16.9 Å². The highest BCUT2D eigenvalue weighted by molar-refractivity contribution is 6.06. The normalized spacial score (nSPS) is 10.9. The highest BCUT2D eigenvalue weighted by Gasteiger charge is 2.22. The van der Waals surface area contributed by atoms with Crippen LogP contribution in [0.15, 0.2) is 54.6 Å². The third-order valence-corrected chi connectivity index (χ3v) is 5.05. The Morgan fingerprint density at radius 3 is 2.53 bits per heavy atom. The molecule has 32 heavy (non-hydrogen) atoms. The van der Waals surface area contributed by atoms with Gasteiger partial charge < -0.3 is 9.47 Å². The summed E-state index contributed by atoms with van der Waals surface area (Å²) in [6.45, 7) is 1.20. The summed E-state index contributed by atoms with van der Waals surface area (Å²) >= 11 is 0. The largest absolute Gasteiger partial charge is 0.496 e. The Labute approximate surface area is 183 Å². The number of nitrogens with zero attached hydrogens (tertiary/aromatic N) is 3. The minimum absolute atomic E-state index is 0.00251. The molecule has 2 aromatic carbocycles. The van der Waals surface area contributed by atoms with Gasteiger partial charge in [-0.15, -0.1) is 0 Å². The third-order valence-electron chi connectivity index (χ3n) is 5.05. The molecule has 0 aliphatic heterocycles. The van der Waals surface area contributed by atoms with Crippen molar-refractivity contribution >= 4 is 22.8 Å². The molecule has 0 N–H and O–H groups in total. The molecular weight excluding hydrogens is 413 g/mol. The Hall–Kier alpha value is -4.07. The highest BCUT2D eigenvalue weighted by Crippen LogP contribution is 2.27. The lowest BCUT2D eigenvalue weighted by atomic mass is 10.1. The molecule has 0 atom stereocenters. The molecule has 4 aromatic rings. The number of hydrogen-bond acceptors (Lipinski definition) is 6. The summed E-state index contributed by atoms with van der Waals surface area (Å²) in [7, 11) is 3.12. The lowest BCUT2D eigenvalue weighted by molar-refractivity contribution is 0.0475. The predicted molar refractivity (Wildman–Crippen MR) is 116 cm³/mol. The summed E-state index contributed by atoms with van der Waals surface area (Å²) in [6.07, 6.45) is 0. The molecule has 0 aliphatic rings. The van der Waals surface area contributed by atoms with Crippen molar-refractivity contribution in [2.45, 2.75) is 6.92 Å². The minimum Gasteiger partial charge on any atom is -0.496 e. The highest BCUT2D eigenvalue weighted by atomic mass is 19.1. The fourth-order valence-electron chi connectivity index (χ4n) is 3.55. The summed E-state index contributed by atoms with van der Waals surface area (Å²) in [4.78, 5) is 30.3. The second kappa shape index (κ2) is 8.58. The third kappa shape index (κ3) is 3.94. The van der Waals surface area contributed by atoms with Crippen LogP contribution < -0.4 is 4.74 Å². The first kappa shape index (κ1) is 21.2. The van der Waals surface area contributed by atoms with Gasteiger partial charge in [0.1, 0.15) is 11.6 Å². The molecular formula is C24H20FN3O4. The van der Waals surface area contributed by atoms with Gasteiger partial charge in [0, 0.05) is 12.6 Å². The zero-order valence-electron chi connectivity index (χ0n) is 17.8. The van der Waals surface area contributed by atoms with Gasteiger partial charge in [0.2, 0.25) is 5.78 Å². The van der Waals surface area contributed by atoms with Gasteiger partial charge >= 0.3 is 5.97 Å². The van der Waals surface area contributed by atoms with Crippen LogP contribution in [0.4, 0.5) is 4.39 Å². The van der Waals surface area contributed by atoms with E-state index in [4.69, 9.17) is 9.47 Å². The minimum atomic E-state index is -0.700. The van der Waals surface area contributed by atoms with Crippen molar-refractivity contribution in [1.82, 2.24) is 14.8 Å². The number of rotatable bonds is 6. The molecule has 7 nitrogen and oxygen atoms in total. The number of hydrogen-bond donors (Lipinski definition) is 0. The number of Topliss-reactive ketones (excluding diaryl/α,β-unsaturated/α-hetero) is 1. The maximum atomic E-state index is 13.6. The molecule has 2 heterocycles. The number of carbonyl (C=O) groups excluding carboxylic acids is 2. The Balaban J connectivity index is 1.68. The van der Waals surface area contributed by atoms with Crippen molar-refractivity contribution in [2.75, 3.05) is 13.7 Å². The first-order valence-electron chi connectivity index (χ1n) is 9.82. The molecule has 0 aliphatic carbocycles. The summed E-state index contributed by atoms with van der Waals surface area (Å²) in [5.74, 6) is -1.66. The van der Waals surface area contributed by atoms with Crippen molar-refractivity contribution in [3.8, 4) is 17.0 Å². The monoisotopic (exact) mass is 433 g/mol. The van der Waals surface area contributed by atoms with Gasteiger partial charge in [-0.25, -0.2) is 14.2 Å². The number of ketones is 1. The van der Waals surface area contributed by atoms with Crippen LogP contribution in [0, 0.1) is 12.7 Å². The Kier molecular flexibility index (Phi) is 5.68. The molecule has 0 fully saturated rings. The fourth-order valence-corrected chi connectivity index (χ4v) is 3.55. The summed E-state index contributed by atoms with van der Waals surface area (Å²) < 4.78 is 25.6. The van der Waals surface area contributed by atoms with E-state index in [2.05, 4.69) is 10.1 Å². The molecule has 0 unspecified atom stereocenters. The van der Waals surface area contributed by atoms with Crippen molar-refractivity contribution in [3.63, 3.8) is 0 Å². The molecule has 0 radical (unpaired) electrons. The van der Waals surface area contributed by atoms with Gasteiger partial charge in [-0.2, -0.15) is 5.10 Å². The Morgan fingerprint density at radius 2 is 1.81 bits per heavy atom. The quantitative estimate of drug-likeness (QED) is 0.336. The van der Waals surface area contributed by atoms with E-state index in [0.29, 0.717) is 22.4 Å². The topological polar surface area (TPSA) is 83.3 Å². The van der Waals surface area contributed by atoms with Crippen molar-refractivity contribution in [3.05, 3.63) is 77.2 Å². The molecule has 0 spiro atoms. The van der Waals surface area contributed by atoms with Crippen LogP contribution in [0.2, 0.25) is 0 Å². The lowest BCUT2D eigenvalue weighted by Crippen LogP contribution is -2.16. The number of esters is 1. The molecule has 162 valence electrons. The van der Waals surface area contributed by atoms with E-state index < -0.39 is 24.2 Å². The Bertz CT molecular complexity index is 1330. The lowest BCUT2D eigenvalue weighted by Gasteiger charge is -2.10. The van der Waals surface area contributed by atoms with Gasteiger partial charge in [-0.05, 0) is 31.2 Å². The van der Waals surface area contributed by atoms with E-state index in [1.54, 1.807) is 24.7 Å². The number of pyridine rings is 1. The van der Waals surface area contributed by atoms with Gasteiger partial charge in [0.05, 0.1) is 35.0 Å². The molecule has 2 aromatic heterocycles. The number of fused-ring (bicyclic) bond motifs is 1. The van der Waals surface area contributed by atoms with Crippen LogP contribution in [-0.4, -0.2) is 40.2 Å². The van der Waals surface area contributed by atoms with E-state index >= 15 is 0 Å². The number of aromatic nitrogens is 3. The standard InChI is InChI=1S/C24H20FN3O4/c1-14-22-18(12-19(15-7-5-4-6-8-15)26-23(22)28(2)27-14)24(30)32-13-20(29)17-11-16(25)9-10-21(17)31-3/h4-12H,13H2,1-3H3. The van der Waals surface area contributed by atoms with Crippen LogP contribution in [0.5, 0.6) is 5.75 Å². The number of benzene rings is 2. The average Bonchev–Trinajstić information content (AvgIpc) is 3.10. The predicted octanol–water partition coefficient (Wildman–Crippen LogP) is 4.13. The summed E-state index contributed by atoms with van der Waals surface area (Å²) in [5.41, 5.74) is 2.78. The van der Waals surface area contributed by atoms with Crippen LogP contribution in [0.25, 0.3) is 22.3 Å². The first-order valence-corrected chi connectivity index (χ1v) is 9.82. The molecule has 0 bridgehead atoms. The first-order chi connectivity index (χ1) is 15.4. The average molecular weight is 433 g/mol. The van der Waals surface area contributed by atoms with Gasteiger partial charge in [-0.3, -0.25) is 9.48 Å². The molecule has 8 heteroatoms. The fraction of sp³-hybridized carbons (Fsp3) is 0.167. The van der Waals surface area contributed by atoms with Gasteiger partial charge in [-0.1, -0.05) is 30.3 Å². The number of ether oxygens (including phenoxy) is 2. The zero-order valence-corrected chi connectivity index (χ0v) is 17.8. The molecule has 0 saturated carbocycles. The van der Waals surface area contributed by atoms with Crippen molar-refractivity contribution in [1.29, 1.82) is 0 Å². The van der Waals surface area contributed by atoms with Gasteiger partial charge in [0.25, 0.3) is 0 Å². The van der Waals surface area contributed by atoms with E-state index in [0.717, 1.165) is 11.6 Å². The maximum Gasteiger partial charge on any atom is 0.339 e. The summed E-state index contributed by atoms with van der Waals surface area (Å²) in [5, 5.41) is 4.91. The Morgan fingerprint density at radius 1 is 1.06 bits per heavy atom. The number of carbonyl (C=O) groups is 2. The molecule has 0 saturated heterocycles. The maximum absolute atomic E-state index is 13.6. The van der Waals surface area contributed by atoms with Crippen LogP contribution in [0.1, 0.15) is 26.4 Å². The number of methoxy groups -OCH3 is 1. The van der Waals surface area contributed by atoms with Crippen LogP contribution in [-0.2, 0) is 11.8 Å². The van der Waals surface area contributed by atoms with E-state index in [9.17, 15) is 14.0 Å². The van der Waals surface area contributed by atoms with Crippen LogP contribution >= 0.6 is 0 Å². The van der Waals surface area contributed by atoms with Gasteiger partial charge in [0.15, 0.2) is 12.3 Å². The SMILES string of the molecule is COc1ccc(F)cc1C(=O)COC(=O)c1cc(-c2ccccc2)nc2c1c(C)nn2C. The van der Waals surface area contributed by atoms with Crippen molar-refractivity contribution < 1.29 is 23.5 Å². The number of aryl methyl sites for hydroxylation is 2. The zero-order chi connectivity index (χ0) is 22.8. The summed E-state index contributed by atoms with van der Waals surface area (Å²) in [6, 6.07) is 14.6. The second-order valence-corrected chi connectivity index (χ2v) is 7.17.